The van der Waals surface area contributed by atoms with Crippen molar-refractivity contribution in [3.8, 4) is 0 Å². The Bertz CT molecular complexity index is 478. The molecule has 1 aliphatic heterocycles. The van der Waals surface area contributed by atoms with Crippen molar-refractivity contribution >= 4 is 34.5 Å². The molecule has 0 spiro atoms. The fourth-order valence-corrected chi connectivity index (χ4v) is 2.99. The van der Waals surface area contributed by atoms with Crippen molar-refractivity contribution in [2.45, 2.75) is 18.9 Å². The van der Waals surface area contributed by atoms with Crippen LogP contribution in [-0.2, 0) is 0 Å². The molecule has 0 saturated carbocycles. The molecule has 19 heavy (non-hydrogen) atoms. The fourth-order valence-electron chi connectivity index (χ4n) is 2.65. The number of thiocarbonyl (C=S) groups is 1. The SMILES string of the molecule is CN(CC1CCCN1C)c1cc(Cl)ccc1C(N)=S. The monoisotopic (exact) mass is 297 g/mol. The van der Waals surface area contributed by atoms with E-state index in [1.54, 1.807) is 0 Å². The molecule has 1 saturated heterocycles. The van der Waals surface area contributed by atoms with E-state index in [1.807, 2.05) is 18.2 Å². The summed E-state index contributed by atoms with van der Waals surface area (Å²) >= 11 is 11.2. The lowest BCUT2D eigenvalue weighted by Gasteiger charge is -2.28. The zero-order valence-corrected chi connectivity index (χ0v) is 13.0. The Hall–Kier alpha value is -0.840. The highest BCUT2D eigenvalue weighted by Gasteiger charge is 2.23. The lowest BCUT2D eigenvalue weighted by Crippen LogP contribution is -2.37. The van der Waals surface area contributed by atoms with Crippen LogP contribution in [0.5, 0.6) is 0 Å². The van der Waals surface area contributed by atoms with Gasteiger partial charge in [0.15, 0.2) is 0 Å². The third-order valence-corrected chi connectivity index (χ3v) is 4.25. The fraction of sp³-hybridized carbons (Fsp3) is 0.500. The summed E-state index contributed by atoms with van der Waals surface area (Å²) in [5.41, 5.74) is 7.69. The summed E-state index contributed by atoms with van der Waals surface area (Å²) in [5, 5.41) is 0.710. The number of nitrogens with zero attached hydrogens (tertiary/aromatic N) is 2. The van der Waals surface area contributed by atoms with Crippen molar-refractivity contribution in [1.29, 1.82) is 0 Å². The van der Waals surface area contributed by atoms with Crippen LogP contribution in [0.3, 0.4) is 0 Å². The first-order valence-electron chi connectivity index (χ1n) is 6.50. The van der Waals surface area contributed by atoms with Crippen LogP contribution in [0.25, 0.3) is 0 Å². The summed E-state index contributed by atoms with van der Waals surface area (Å²) in [6.07, 6.45) is 2.51. The molecule has 1 aromatic rings. The minimum Gasteiger partial charge on any atom is -0.389 e. The molecule has 1 aliphatic rings. The molecule has 1 fully saturated rings. The van der Waals surface area contributed by atoms with Gasteiger partial charge < -0.3 is 15.5 Å². The molecule has 1 atom stereocenters. The van der Waals surface area contributed by atoms with Crippen LogP contribution in [-0.4, -0.2) is 43.1 Å². The van der Waals surface area contributed by atoms with E-state index in [2.05, 4.69) is 23.9 Å². The van der Waals surface area contributed by atoms with E-state index in [0.29, 0.717) is 16.1 Å². The van der Waals surface area contributed by atoms with E-state index in [9.17, 15) is 0 Å². The van der Waals surface area contributed by atoms with Gasteiger partial charge in [0.25, 0.3) is 0 Å². The summed E-state index contributed by atoms with van der Waals surface area (Å²) in [6.45, 7) is 2.14. The number of hydrogen-bond donors (Lipinski definition) is 1. The number of benzene rings is 1. The molecule has 1 heterocycles. The predicted molar refractivity (Wildman–Crippen MR) is 86.3 cm³/mol. The summed E-state index contributed by atoms with van der Waals surface area (Å²) in [4.78, 5) is 5.02. The summed E-state index contributed by atoms with van der Waals surface area (Å²) < 4.78 is 0. The number of nitrogens with two attached hydrogens (primary N) is 1. The Morgan fingerprint density at radius 3 is 2.89 bits per heavy atom. The van der Waals surface area contributed by atoms with E-state index in [1.165, 1.54) is 19.4 Å². The Labute approximate surface area is 125 Å². The Balaban J connectivity index is 2.20. The second-order valence-electron chi connectivity index (χ2n) is 5.18. The van der Waals surface area contributed by atoms with Gasteiger partial charge in [-0.2, -0.15) is 0 Å². The van der Waals surface area contributed by atoms with Crippen molar-refractivity contribution in [2.75, 3.05) is 32.1 Å². The molecular weight excluding hydrogens is 278 g/mol. The second kappa shape index (κ2) is 6.07. The van der Waals surface area contributed by atoms with Gasteiger partial charge in [-0.3, -0.25) is 0 Å². The molecule has 1 unspecified atom stereocenters. The van der Waals surface area contributed by atoms with Crippen LogP contribution in [0, 0.1) is 0 Å². The van der Waals surface area contributed by atoms with Crippen LogP contribution in [0.15, 0.2) is 18.2 Å². The van der Waals surface area contributed by atoms with Gasteiger partial charge in [0.2, 0.25) is 0 Å². The number of rotatable bonds is 4. The quantitative estimate of drug-likeness (QED) is 0.866. The van der Waals surface area contributed by atoms with Crippen LogP contribution in [0.1, 0.15) is 18.4 Å². The van der Waals surface area contributed by atoms with Gasteiger partial charge in [-0.25, -0.2) is 0 Å². The molecule has 1 aromatic carbocycles. The van der Waals surface area contributed by atoms with Gasteiger partial charge in [0.05, 0.1) is 0 Å². The highest BCUT2D eigenvalue weighted by Crippen LogP contribution is 2.26. The molecule has 2 N–H and O–H groups in total. The minimum absolute atomic E-state index is 0.415. The molecular formula is C14H20ClN3S. The van der Waals surface area contributed by atoms with Crippen LogP contribution in [0.2, 0.25) is 5.02 Å². The summed E-state index contributed by atoms with van der Waals surface area (Å²) in [7, 11) is 4.25. The average Bonchev–Trinajstić information content (AvgIpc) is 2.74. The zero-order chi connectivity index (χ0) is 14.0. The molecule has 5 heteroatoms. The second-order valence-corrected chi connectivity index (χ2v) is 6.06. The molecule has 2 rings (SSSR count). The normalized spacial score (nSPS) is 19.6. The van der Waals surface area contributed by atoms with E-state index < -0.39 is 0 Å². The Morgan fingerprint density at radius 1 is 1.58 bits per heavy atom. The summed E-state index contributed by atoms with van der Waals surface area (Å²) in [5.74, 6) is 0. The van der Waals surface area contributed by atoms with Gasteiger partial charge in [0, 0.05) is 35.9 Å². The molecule has 0 aliphatic carbocycles. The van der Waals surface area contributed by atoms with Gasteiger partial charge in [-0.15, -0.1) is 0 Å². The maximum absolute atomic E-state index is 6.09. The standard InChI is InChI=1S/C14H20ClN3S/c1-17-7-3-4-11(17)9-18(2)13-8-10(15)5-6-12(13)14(16)19/h5-6,8,11H,3-4,7,9H2,1-2H3,(H2,16,19). The molecule has 0 aromatic heterocycles. The Kier molecular flexibility index (Phi) is 4.66. The van der Waals surface area contributed by atoms with Crippen molar-refractivity contribution in [3.63, 3.8) is 0 Å². The number of likely N-dealkylation sites (tertiary alicyclic amines) is 1. The first-order valence-corrected chi connectivity index (χ1v) is 7.28. The van der Waals surface area contributed by atoms with E-state index in [4.69, 9.17) is 29.6 Å². The van der Waals surface area contributed by atoms with Crippen LogP contribution < -0.4 is 10.6 Å². The predicted octanol–water partition coefficient (Wildman–Crippen LogP) is 2.50. The largest absolute Gasteiger partial charge is 0.389 e. The topological polar surface area (TPSA) is 32.5 Å². The van der Waals surface area contributed by atoms with Gasteiger partial charge in [-0.1, -0.05) is 23.8 Å². The number of anilines is 1. The molecule has 104 valence electrons. The van der Waals surface area contributed by atoms with E-state index >= 15 is 0 Å². The van der Waals surface area contributed by atoms with Gasteiger partial charge in [-0.05, 0) is 44.6 Å². The highest BCUT2D eigenvalue weighted by molar-refractivity contribution is 7.80. The van der Waals surface area contributed by atoms with Gasteiger partial charge >= 0.3 is 0 Å². The van der Waals surface area contributed by atoms with E-state index in [-0.39, 0.29) is 0 Å². The molecule has 0 bridgehead atoms. The lowest BCUT2D eigenvalue weighted by atomic mass is 10.1. The number of hydrogen-bond acceptors (Lipinski definition) is 3. The summed E-state index contributed by atoms with van der Waals surface area (Å²) in [6, 6.07) is 6.25. The lowest BCUT2D eigenvalue weighted by molar-refractivity contribution is 0.314. The molecule has 3 nitrogen and oxygen atoms in total. The third-order valence-electron chi connectivity index (χ3n) is 3.79. The van der Waals surface area contributed by atoms with Crippen LogP contribution >= 0.6 is 23.8 Å². The first kappa shape index (κ1) is 14.6. The third kappa shape index (κ3) is 3.38. The Morgan fingerprint density at radius 2 is 2.32 bits per heavy atom. The highest BCUT2D eigenvalue weighted by atomic mass is 35.5. The maximum Gasteiger partial charge on any atom is 0.106 e. The number of halogens is 1. The maximum atomic E-state index is 6.09. The molecule has 0 radical (unpaired) electrons. The number of likely N-dealkylation sites (N-methyl/N-ethyl adjacent to an activating group) is 2. The van der Waals surface area contributed by atoms with Crippen LogP contribution in [0.4, 0.5) is 5.69 Å². The van der Waals surface area contributed by atoms with Crippen molar-refractivity contribution in [1.82, 2.24) is 4.90 Å². The van der Waals surface area contributed by atoms with Crippen molar-refractivity contribution in [3.05, 3.63) is 28.8 Å². The smallest absolute Gasteiger partial charge is 0.106 e. The minimum atomic E-state index is 0.415. The zero-order valence-electron chi connectivity index (χ0n) is 11.4. The molecule has 0 amide bonds. The van der Waals surface area contributed by atoms with E-state index in [0.717, 1.165) is 17.8 Å². The van der Waals surface area contributed by atoms with Gasteiger partial charge in [0.1, 0.15) is 4.99 Å². The van der Waals surface area contributed by atoms with Crippen molar-refractivity contribution < 1.29 is 0 Å². The average molecular weight is 298 g/mol. The van der Waals surface area contributed by atoms with Crippen molar-refractivity contribution in [2.24, 2.45) is 5.73 Å². The first-order chi connectivity index (χ1) is 8.99.